The highest BCUT2D eigenvalue weighted by molar-refractivity contribution is 7.98. The zero-order valence-corrected chi connectivity index (χ0v) is 17.9. The summed E-state index contributed by atoms with van der Waals surface area (Å²) in [7, 11) is 0. The van der Waals surface area contributed by atoms with Gasteiger partial charge in [-0.25, -0.2) is 0 Å². The lowest BCUT2D eigenvalue weighted by Crippen LogP contribution is -2.31. The molecule has 0 bridgehead atoms. The average Bonchev–Trinajstić information content (AvgIpc) is 3.10. The van der Waals surface area contributed by atoms with Crippen molar-refractivity contribution < 1.29 is 9.21 Å². The van der Waals surface area contributed by atoms with Crippen LogP contribution in [0.15, 0.2) is 93.0 Å². The van der Waals surface area contributed by atoms with E-state index in [0.29, 0.717) is 29.5 Å². The van der Waals surface area contributed by atoms with Gasteiger partial charge in [0.05, 0.1) is 17.0 Å². The Morgan fingerprint density at radius 3 is 2.35 bits per heavy atom. The molecule has 0 saturated heterocycles. The third-order valence-electron chi connectivity index (χ3n) is 5.79. The highest BCUT2D eigenvalue weighted by atomic mass is 32.2. The third kappa shape index (κ3) is 3.45. The molecule has 5 rings (SSSR count). The van der Waals surface area contributed by atoms with Crippen molar-refractivity contribution in [2.45, 2.75) is 17.4 Å². The second kappa shape index (κ2) is 8.08. The van der Waals surface area contributed by atoms with Gasteiger partial charge in [0.25, 0.3) is 5.91 Å². The molecule has 1 amide bonds. The van der Waals surface area contributed by atoms with E-state index in [0.717, 1.165) is 16.0 Å². The molecule has 3 aromatic carbocycles. The van der Waals surface area contributed by atoms with Gasteiger partial charge in [0.2, 0.25) is 5.76 Å². The monoisotopic (exact) mass is 427 g/mol. The lowest BCUT2D eigenvalue weighted by Gasteiger charge is -2.25. The van der Waals surface area contributed by atoms with E-state index in [9.17, 15) is 9.59 Å². The quantitative estimate of drug-likeness (QED) is 0.406. The van der Waals surface area contributed by atoms with Crippen molar-refractivity contribution in [1.29, 1.82) is 0 Å². The molecule has 0 aliphatic carbocycles. The number of benzene rings is 3. The third-order valence-corrected chi connectivity index (χ3v) is 6.53. The van der Waals surface area contributed by atoms with Crippen LogP contribution in [0, 0.1) is 0 Å². The summed E-state index contributed by atoms with van der Waals surface area (Å²) in [6.07, 6.45) is 2.73. The molecule has 1 aliphatic heterocycles. The van der Waals surface area contributed by atoms with Crippen LogP contribution < -0.4 is 5.43 Å². The molecule has 31 heavy (non-hydrogen) atoms. The first-order valence-electron chi connectivity index (χ1n) is 10.2. The van der Waals surface area contributed by atoms with Crippen LogP contribution in [-0.2, 0) is 6.42 Å². The van der Waals surface area contributed by atoms with Crippen LogP contribution in [0.25, 0.3) is 11.0 Å². The Labute approximate surface area is 184 Å². The lowest BCUT2D eigenvalue weighted by molar-refractivity contribution is 0.0730. The van der Waals surface area contributed by atoms with Crippen LogP contribution in [0.1, 0.15) is 33.3 Å². The average molecular weight is 428 g/mol. The number of para-hydroxylation sites is 1. The maximum Gasteiger partial charge on any atom is 0.290 e. The maximum absolute atomic E-state index is 13.4. The van der Waals surface area contributed by atoms with Crippen molar-refractivity contribution in [1.82, 2.24) is 4.90 Å². The highest BCUT2D eigenvalue weighted by Crippen LogP contribution is 2.38. The minimum absolute atomic E-state index is 0.133. The Morgan fingerprint density at radius 2 is 1.61 bits per heavy atom. The molecule has 4 aromatic rings. The lowest BCUT2D eigenvalue weighted by atomic mass is 9.98. The first kappa shape index (κ1) is 19.6. The van der Waals surface area contributed by atoms with E-state index in [4.69, 9.17) is 4.42 Å². The summed E-state index contributed by atoms with van der Waals surface area (Å²) >= 11 is 1.66. The molecule has 0 fully saturated rings. The normalized spacial score (nSPS) is 15.5. The Kier molecular flexibility index (Phi) is 5.12. The molecular formula is C26H21NO3S. The first-order chi connectivity index (χ1) is 15.2. The van der Waals surface area contributed by atoms with Gasteiger partial charge in [-0.2, -0.15) is 0 Å². The van der Waals surface area contributed by atoms with Crippen molar-refractivity contribution >= 4 is 28.6 Å². The molecule has 0 radical (unpaired) electrons. The minimum atomic E-state index is -0.456. The first-order valence-corrected chi connectivity index (χ1v) is 11.4. The van der Waals surface area contributed by atoms with Crippen LogP contribution in [0.3, 0.4) is 0 Å². The van der Waals surface area contributed by atoms with Crippen molar-refractivity contribution in [3.63, 3.8) is 0 Å². The molecule has 0 spiro atoms. The Balaban J connectivity index is 1.63. The van der Waals surface area contributed by atoms with Crippen molar-refractivity contribution in [3.05, 3.63) is 112 Å². The van der Waals surface area contributed by atoms with Crippen LogP contribution in [0.2, 0.25) is 0 Å². The highest BCUT2D eigenvalue weighted by Gasteiger charge is 2.42. The molecule has 0 N–H and O–H groups in total. The number of nitrogens with zero attached hydrogens (tertiary/aromatic N) is 1. The Bertz CT molecular complexity index is 1310. The molecule has 0 saturated carbocycles. The van der Waals surface area contributed by atoms with Gasteiger partial charge < -0.3 is 9.32 Å². The molecule has 4 nitrogen and oxygen atoms in total. The standard InChI is InChI=1S/C26H21NO3S/c1-31-19-13-11-18(12-14-19)23-22-24(28)20-9-5-6-10-21(20)30-25(22)26(29)27(23)16-15-17-7-3-2-4-8-17/h2-14,23H,15-16H2,1H3. The number of thioether (sulfide) groups is 1. The van der Waals surface area contributed by atoms with Crippen molar-refractivity contribution in [2.75, 3.05) is 12.8 Å². The van der Waals surface area contributed by atoms with E-state index in [1.54, 1.807) is 28.8 Å². The SMILES string of the molecule is CSc1ccc(C2c3c(oc4ccccc4c3=O)C(=O)N2CCc2ccccc2)cc1. The Morgan fingerprint density at radius 1 is 0.903 bits per heavy atom. The molecule has 2 heterocycles. The predicted octanol–water partition coefficient (Wildman–Crippen LogP) is 5.30. The Hall–Kier alpha value is -3.31. The summed E-state index contributed by atoms with van der Waals surface area (Å²) in [5, 5.41) is 0.504. The topological polar surface area (TPSA) is 50.5 Å². The predicted molar refractivity (Wildman–Crippen MR) is 124 cm³/mol. The number of hydrogen-bond donors (Lipinski definition) is 0. The van der Waals surface area contributed by atoms with Gasteiger partial charge in [-0.05, 0) is 48.1 Å². The summed E-state index contributed by atoms with van der Waals surface area (Å²) in [5.74, 6) is -0.0663. The molecule has 154 valence electrons. The van der Waals surface area contributed by atoms with Crippen LogP contribution in [0.4, 0.5) is 0 Å². The summed E-state index contributed by atoms with van der Waals surface area (Å²) in [6, 6.07) is 24.8. The van der Waals surface area contributed by atoms with E-state index in [-0.39, 0.29) is 17.1 Å². The van der Waals surface area contributed by atoms with Gasteiger partial charge in [-0.1, -0.05) is 54.6 Å². The smallest absolute Gasteiger partial charge is 0.290 e. The van der Waals surface area contributed by atoms with Crippen molar-refractivity contribution in [2.24, 2.45) is 0 Å². The zero-order valence-electron chi connectivity index (χ0n) is 17.1. The van der Waals surface area contributed by atoms with Crippen molar-refractivity contribution in [3.8, 4) is 0 Å². The van der Waals surface area contributed by atoms with E-state index >= 15 is 0 Å². The molecule has 5 heteroatoms. The maximum atomic E-state index is 13.4. The van der Waals surface area contributed by atoms with Gasteiger partial charge in [0.15, 0.2) is 5.43 Å². The van der Waals surface area contributed by atoms with Gasteiger partial charge >= 0.3 is 0 Å². The fourth-order valence-electron chi connectivity index (χ4n) is 4.22. The van der Waals surface area contributed by atoms with Gasteiger partial charge in [-0.15, -0.1) is 11.8 Å². The second-order valence-corrected chi connectivity index (χ2v) is 8.46. The zero-order chi connectivity index (χ0) is 21.4. The fourth-order valence-corrected chi connectivity index (χ4v) is 4.63. The number of hydrogen-bond acceptors (Lipinski definition) is 4. The molecule has 1 atom stereocenters. The molecule has 1 aliphatic rings. The molecule has 1 unspecified atom stereocenters. The number of rotatable bonds is 5. The van der Waals surface area contributed by atoms with Gasteiger partial charge in [-0.3, -0.25) is 9.59 Å². The minimum Gasteiger partial charge on any atom is -0.450 e. The molecular weight excluding hydrogens is 406 g/mol. The number of carbonyl (C=O) groups excluding carboxylic acids is 1. The number of amides is 1. The van der Waals surface area contributed by atoms with Crippen LogP contribution in [-0.4, -0.2) is 23.6 Å². The summed E-state index contributed by atoms with van der Waals surface area (Å²) in [5.41, 5.74) is 2.81. The molecule has 1 aromatic heterocycles. The number of carbonyl (C=O) groups is 1. The van der Waals surface area contributed by atoms with E-state index in [1.807, 2.05) is 73.0 Å². The van der Waals surface area contributed by atoms with Crippen LogP contribution in [0.5, 0.6) is 0 Å². The summed E-state index contributed by atoms with van der Waals surface area (Å²) in [6.45, 7) is 0.498. The largest absolute Gasteiger partial charge is 0.450 e. The summed E-state index contributed by atoms with van der Waals surface area (Å²) in [4.78, 5) is 29.8. The van der Waals surface area contributed by atoms with E-state index < -0.39 is 6.04 Å². The number of fused-ring (bicyclic) bond motifs is 2. The van der Waals surface area contributed by atoms with Crippen LogP contribution >= 0.6 is 11.8 Å². The fraction of sp³-hybridized carbons (Fsp3) is 0.154. The van der Waals surface area contributed by atoms with E-state index in [1.165, 1.54) is 0 Å². The summed E-state index contributed by atoms with van der Waals surface area (Å²) < 4.78 is 5.98. The second-order valence-electron chi connectivity index (χ2n) is 7.58. The van der Waals surface area contributed by atoms with Gasteiger partial charge in [0, 0.05) is 11.4 Å². The van der Waals surface area contributed by atoms with Gasteiger partial charge in [0.1, 0.15) is 5.58 Å². The van der Waals surface area contributed by atoms with E-state index in [2.05, 4.69) is 0 Å².